The number of carbonyl (C=O) groups is 1. The number of fused-ring (bicyclic) bond motifs is 1. The van der Waals surface area contributed by atoms with Gasteiger partial charge in [-0.15, -0.1) is 0 Å². The van der Waals surface area contributed by atoms with Crippen molar-refractivity contribution in [1.82, 2.24) is 15.0 Å². The van der Waals surface area contributed by atoms with Crippen LogP contribution in [0.2, 0.25) is 0 Å². The molecule has 2 aromatic heterocycles. The van der Waals surface area contributed by atoms with Crippen molar-refractivity contribution in [2.24, 2.45) is 0 Å². The van der Waals surface area contributed by atoms with Crippen LogP contribution in [-0.4, -0.2) is 53.8 Å². The third kappa shape index (κ3) is 2.95. The van der Waals surface area contributed by atoms with Crippen LogP contribution in [0.5, 0.6) is 0 Å². The van der Waals surface area contributed by atoms with Gasteiger partial charge in [0.2, 0.25) is 5.95 Å². The van der Waals surface area contributed by atoms with Crippen molar-refractivity contribution in [1.29, 1.82) is 0 Å². The zero-order valence-electron chi connectivity index (χ0n) is 12.7. The number of ether oxygens (including phenoxy) is 2. The molecule has 0 aromatic carbocycles. The number of anilines is 2. The Balaban J connectivity index is 2.06. The quantitative estimate of drug-likeness (QED) is 0.753. The van der Waals surface area contributed by atoms with Crippen LogP contribution in [0.3, 0.4) is 0 Å². The summed E-state index contributed by atoms with van der Waals surface area (Å²) >= 11 is 0. The highest BCUT2D eigenvalue weighted by atomic mass is 16.5. The van der Waals surface area contributed by atoms with E-state index in [2.05, 4.69) is 15.0 Å². The lowest BCUT2D eigenvalue weighted by atomic mass is 10.2. The second kappa shape index (κ2) is 6.21. The van der Waals surface area contributed by atoms with Crippen LogP contribution in [-0.2, 0) is 9.47 Å². The molecule has 0 atom stereocenters. The Bertz CT molecular complexity index is 798. The number of aromatic nitrogens is 3. The van der Waals surface area contributed by atoms with Gasteiger partial charge in [0, 0.05) is 13.1 Å². The minimum absolute atomic E-state index is 0.0121. The first kappa shape index (κ1) is 15.2. The first-order valence-corrected chi connectivity index (χ1v) is 7.30. The van der Waals surface area contributed by atoms with E-state index in [1.165, 1.54) is 6.07 Å². The first-order chi connectivity index (χ1) is 11.1. The first-order valence-electron chi connectivity index (χ1n) is 7.30. The number of nitrogen functional groups attached to an aromatic ring is 1. The summed E-state index contributed by atoms with van der Waals surface area (Å²) in [4.78, 5) is 37.2. The van der Waals surface area contributed by atoms with Crippen molar-refractivity contribution in [3.8, 4) is 0 Å². The number of aromatic amines is 1. The Kier molecular flexibility index (Phi) is 4.11. The lowest BCUT2D eigenvalue weighted by molar-refractivity contribution is 0.0527. The van der Waals surface area contributed by atoms with E-state index in [1.807, 2.05) is 4.90 Å². The average molecular weight is 319 g/mol. The number of nitrogens with two attached hydrogens (primary N) is 1. The number of hydrogen-bond donors (Lipinski definition) is 2. The fourth-order valence-corrected chi connectivity index (χ4v) is 2.36. The standard InChI is InChI=1S/C14H17N5O4/c1-2-23-13(21)8-7-9-11(16-10(8)15)17-14(18-12(9)20)19-3-5-22-6-4-19/h7H,2-6H2,1H3,(H3,15,16,17,18,20). The normalized spacial score (nSPS) is 14.9. The van der Waals surface area contributed by atoms with Crippen LogP contribution in [0.4, 0.5) is 11.8 Å². The molecule has 0 aliphatic carbocycles. The van der Waals surface area contributed by atoms with Crippen molar-refractivity contribution >= 4 is 28.8 Å². The van der Waals surface area contributed by atoms with Gasteiger partial charge in [0.05, 0.1) is 25.2 Å². The van der Waals surface area contributed by atoms with Crippen LogP contribution >= 0.6 is 0 Å². The van der Waals surface area contributed by atoms with Gasteiger partial charge in [-0.1, -0.05) is 0 Å². The van der Waals surface area contributed by atoms with Gasteiger partial charge in [-0.05, 0) is 13.0 Å². The number of morpholine rings is 1. The summed E-state index contributed by atoms with van der Waals surface area (Å²) in [6.45, 7) is 4.29. The van der Waals surface area contributed by atoms with Gasteiger partial charge >= 0.3 is 5.97 Å². The topological polar surface area (TPSA) is 123 Å². The van der Waals surface area contributed by atoms with Crippen LogP contribution in [0.15, 0.2) is 10.9 Å². The Morgan fingerprint density at radius 2 is 2.17 bits per heavy atom. The molecule has 1 fully saturated rings. The van der Waals surface area contributed by atoms with E-state index in [1.54, 1.807) is 6.92 Å². The van der Waals surface area contributed by atoms with Crippen molar-refractivity contribution in [2.75, 3.05) is 43.5 Å². The molecule has 0 saturated carbocycles. The summed E-state index contributed by atoms with van der Waals surface area (Å²) < 4.78 is 10.2. The van der Waals surface area contributed by atoms with Crippen molar-refractivity contribution < 1.29 is 14.3 Å². The number of carbonyl (C=O) groups excluding carboxylic acids is 1. The van der Waals surface area contributed by atoms with Crippen LogP contribution < -0.4 is 16.2 Å². The maximum atomic E-state index is 12.3. The average Bonchev–Trinajstić information content (AvgIpc) is 2.55. The molecule has 3 heterocycles. The summed E-state index contributed by atoms with van der Waals surface area (Å²) in [6, 6.07) is 1.37. The molecular weight excluding hydrogens is 302 g/mol. The summed E-state index contributed by atoms with van der Waals surface area (Å²) in [6.07, 6.45) is 0. The molecular formula is C14H17N5O4. The highest BCUT2D eigenvalue weighted by Crippen LogP contribution is 2.17. The Labute approximate surface area is 131 Å². The molecule has 9 nitrogen and oxygen atoms in total. The van der Waals surface area contributed by atoms with Crippen LogP contribution in [0, 0.1) is 0 Å². The molecule has 0 bridgehead atoms. The third-order valence-corrected chi connectivity index (χ3v) is 3.52. The van der Waals surface area contributed by atoms with E-state index in [0.717, 1.165) is 0 Å². The minimum atomic E-state index is -0.615. The third-order valence-electron chi connectivity index (χ3n) is 3.52. The maximum absolute atomic E-state index is 12.3. The lowest BCUT2D eigenvalue weighted by Crippen LogP contribution is -2.38. The molecule has 1 saturated heterocycles. The molecule has 122 valence electrons. The molecule has 1 aliphatic heterocycles. The number of nitrogens with one attached hydrogen (secondary N) is 1. The summed E-state index contributed by atoms with van der Waals surface area (Å²) in [5, 5.41) is 0.194. The van der Waals surface area contributed by atoms with Gasteiger partial charge in [0.25, 0.3) is 5.56 Å². The maximum Gasteiger partial charge on any atom is 0.341 e. The second-order valence-electron chi connectivity index (χ2n) is 5.00. The Hall–Kier alpha value is -2.68. The van der Waals surface area contributed by atoms with E-state index >= 15 is 0 Å². The van der Waals surface area contributed by atoms with Gasteiger partial charge in [0.1, 0.15) is 11.4 Å². The van der Waals surface area contributed by atoms with Gasteiger partial charge in [-0.3, -0.25) is 9.78 Å². The number of nitrogens with zero attached hydrogens (tertiary/aromatic N) is 3. The number of pyridine rings is 1. The second-order valence-corrected chi connectivity index (χ2v) is 5.00. The zero-order chi connectivity index (χ0) is 16.4. The Morgan fingerprint density at radius 3 is 2.87 bits per heavy atom. The SMILES string of the molecule is CCOC(=O)c1cc2c(=O)[nH]c(N3CCOCC3)nc2nc1N. The summed E-state index contributed by atoms with van der Waals surface area (Å²) in [5.74, 6) is -0.209. The van der Waals surface area contributed by atoms with Crippen LogP contribution in [0.1, 0.15) is 17.3 Å². The van der Waals surface area contributed by atoms with E-state index in [0.29, 0.717) is 32.3 Å². The molecule has 0 unspecified atom stereocenters. The molecule has 3 rings (SSSR count). The molecule has 0 amide bonds. The van der Waals surface area contributed by atoms with E-state index in [9.17, 15) is 9.59 Å². The van der Waals surface area contributed by atoms with E-state index in [-0.39, 0.29) is 34.6 Å². The molecule has 1 aliphatic rings. The lowest BCUT2D eigenvalue weighted by Gasteiger charge is -2.27. The molecule has 3 N–H and O–H groups in total. The summed E-state index contributed by atoms with van der Waals surface area (Å²) in [5.41, 5.74) is 5.67. The predicted octanol–water partition coefficient (Wildman–Crippen LogP) is -0.0864. The number of H-pyrrole nitrogens is 1. The van der Waals surface area contributed by atoms with Gasteiger partial charge in [0.15, 0.2) is 5.65 Å². The van der Waals surface area contributed by atoms with Crippen molar-refractivity contribution in [2.45, 2.75) is 6.92 Å². The monoisotopic (exact) mass is 319 g/mol. The molecule has 2 aromatic rings. The highest BCUT2D eigenvalue weighted by Gasteiger charge is 2.19. The number of hydrogen-bond acceptors (Lipinski definition) is 8. The van der Waals surface area contributed by atoms with Gasteiger partial charge < -0.3 is 20.1 Å². The minimum Gasteiger partial charge on any atom is -0.462 e. The molecule has 0 radical (unpaired) electrons. The molecule has 23 heavy (non-hydrogen) atoms. The predicted molar refractivity (Wildman–Crippen MR) is 83.6 cm³/mol. The number of rotatable bonds is 3. The highest BCUT2D eigenvalue weighted by molar-refractivity contribution is 5.97. The fourth-order valence-electron chi connectivity index (χ4n) is 2.36. The van der Waals surface area contributed by atoms with Crippen molar-refractivity contribution in [3.63, 3.8) is 0 Å². The Morgan fingerprint density at radius 1 is 1.43 bits per heavy atom. The largest absolute Gasteiger partial charge is 0.462 e. The molecule has 0 spiro atoms. The van der Waals surface area contributed by atoms with Gasteiger partial charge in [-0.25, -0.2) is 9.78 Å². The van der Waals surface area contributed by atoms with E-state index < -0.39 is 5.97 Å². The smallest absolute Gasteiger partial charge is 0.341 e. The zero-order valence-corrected chi connectivity index (χ0v) is 12.7. The van der Waals surface area contributed by atoms with E-state index in [4.69, 9.17) is 15.2 Å². The molecule has 9 heteroatoms. The number of esters is 1. The van der Waals surface area contributed by atoms with Gasteiger partial charge in [-0.2, -0.15) is 4.98 Å². The van der Waals surface area contributed by atoms with Crippen molar-refractivity contribution in [3.05, 3.63) is 22.0 Å². The fraction of sp³-hybridized carbons (Fsp3) is 0.429. The van der Waals surface area contributed by atoms with Crippen LogP contribution in [0.25, 0.3) is 11.0 Å². The summed E-state index contributed by atoms with van der Waals surface area (Å²) in [7, 11) is 0.